The van der Waals surface area contributed by atoms with Gasteiger partial charge in [-0.3, -0.25) is 0 Å². The minimum absolute atomic E-state index is 2.86. The molecular formula is C10HF22O3S-. The second-order valence-corrected chi connectivity index (χ2v) is 6.24. The topological polar surface area (TPSA) is 60.4 Å². The summed E-state index contributed by atoms with van der Waals surface area (Å²) < 4.78 is 300. The molecule has 220 valence electrons. The number of hydrogen-bond acceptors (Lipinski definition) is 2. The number of hydrogen-bond donors (Lipinski definition) is 1. The fraction of sp³-hybridized carbons (Fsp3) is 1.00. The molecule has 0 fully saturated rings. The molecule has 0 aromatic rings. The lowest BCUT2D eigenvalue weighted by molar-refractivity contribution is -0.478. The maximum atomic E-state index is 13.1. The molecule has 0 aliphatic rings. The third-order valence-corrected chi connectivity index (χ3v) is 3.47. The lowest BCUT2D eigenvalue weighted by Gasteiger charge is -2.43. The van der Waals surface area contributed by atoms with E-state index in [-0.39, 0.29) is 0 Å². The van der Waals surface area contributed by atoms with Crippen LogP contribution in [-0.2, 0) is 11.4 Å². The molecule has 1 atom stereocenters. The Labute approximate surface area is 182 Å². The van der Waals surface area contributed by atoms with Crippen molar-refractivity contribution in [2.75, 3.05) is 0 Å². The summed E-state index contributed by atoms with van der Waals surface area (Å²) in [4.78, 5) is 0. The Morgan fingerprint density at radius 2 is 0.444 bits per heavy atom. The van der Waals surface area contributed by atoms with Gasteiger partial charge in [0.1, 0.15) is 0 Å². The summed E-state index contributed by atoms with van der Waals surface area (Å²) in [6, 6.07) is 0. The molecule has 0 amide bonds. The molecule has 26 heteroatoms. The molecule has 1 N–H and O–H groups in total. The Balaban J connectivity index is 0. The lowest BCUT2D eigenvalue weighted by atomic mass is 9.87. The van der Waals surface area contributed by atoms with Crippen LogP contribution in [0.3, 0.4) is 0 Å². The van der Waals surface area contributed by atoms with Gasteiger partial charge in [0, 0.05) is 0 Å². The lowest BCUT2D eigenvalue weighted by Crippen LogP contribution is -2.76. The van der Waals surface area contributed by atoms with Gasteiger partial charge in [-0.2, -0.15) is 96.6 Å². The first kappa shape index (κ1) is 36.7. The molecule has 0 radical (unpaired) electrons. The Morgan fingerprint density at radius 3 is 0.528 bits per heavy atom. The van der Waals surface area contributed by atoms with Crippen LogP contribution in [0.1, 0.15) is 0 Å². The van der Waals surface area contributed by atoms with Gasteiger partial charge in [0.15, 0.2) is 0 Å². The summed E-state index contributed by atoms with van der Waals surface area (Å²) in [5.74, 6) is -71.5. The first-order valence-electron chi connectivity index (χ1n) is 6.92. The summed E-state index contributed by atoms with van der Waals surface area (Å²) in [5, 5.41) is 0. The molecule has 0 aliphatic heterocycles. The Hall–Kier alpha value is -1.47. The summed E-state index contributed by atoms with van der Waals surface area (Å²) in [6.07, 6.45) is -16.1. The molecule has 0 spiro atoms. The number of halogens is 22. The van der Waals surface area contributed by atoms with Gasteiger partial charge in [0.05, 0.1) is 11.4 Å². The van der Waals surface area contributed by atoms with Crippen LogP contribution in [-0.4, -0.2) is 73.0 Å². The molecule has 0 heterocycles. The first-order chi connectivity index (χ1) is 15.0. The molecule has 0 aliphatic carbocycles. The van der Waals surface area contributed by atoms with E-state index >= 15 is 0 Å². The summed E-state index contributed by atoms with van der Waals surface area (Å²) in [5.41, 5.74) is 0. The highest BCUT2D eigenvalue weighted by Gasteiger charge is 2.98. The first-order valence-corrected chi connectivity index (χ1v) is 7.96. The highest BCUT2D eigenvalue weighted by molar-refractivity contribution is 7.73. The van der Waals surface area contributed by atoms with Crippen LogP contribution in [0.2, 0.25) is 0 Å². The van der Waals surface area contributed by atoms with Crippen molar-refractivity contribution in [2.24, 2.45) is 0 Å². The third-order valence-electron chi connectivity index (χ3n) is 3.47. The van der Waals surface area contributed by atoms with Crippen LogP contribution < -0.4 is 0 Å². The zero-order chi connectivity index (χ0) is 30.6. The molecule has 36 heavy (non-hydrogen) atoms. The van der Waals surface area contributed by atoms with E-state index in [0.717, 1.165) is 0 Å². The van der Waals surface area contributed by atoms with Gasteiger partial charge >= 0.3 is 59.7 Å². The summed E-state index contributed by atoms with van der Waals surface area (Å²) in [6.45, 7) is 0. The molecule has 0 rings (SSSR count). The highest BCUT2D eigenvalue weighted by atomic mass is 32.2. The molecule has 0 bridgehead atoms. The van der Waals surface area contributed by atoms with E-state index in [1.807, 2.05) is 0 Å². The fourth-order valence-corrected chi connectivity index (χ4v) is 1.54. The fourth-order valence-electron chi connectivity index (χ4n) is 1.54. The zero-order valence-corrected chi connectivity index (χ0v) is 15.8. The van der Waals surface area contributed by atoms with Gasteiger partial charge in [-0.05, 0) is 0 Å². The molecule has 3 nitrogen and oxygen atoms in total. The molecule has 0 saturated carbocycles. The van der Waals surface area contributed by atoms with Gasteiger partial charge in [0.2, 0.25) is 0 Å². The quantitative estimate of drug-likeness (QED) is 0.261. The van der Waals surface area contributed by atoms with E-state index < -0.39 is 71.1 Å². The van der Waals surface area contributed by atoms with Crippen molar-refractivity contribution in [3.8, 4) is 0 Å². The average Bonchev–Trinajstić information content (AvgIpc) is 2.57. The Morgan fingerprint density at radius 1 is 0.361 bits per heavy atom. The molecule has 1 unspecified atom stereocenters. The van der Waals surface area contributed by atoms with Crippen molar-refractivity contribution in [2.45, 2.75) is 59.7 Å². The molecule has 0 aromatic carbocycles. The van der Waals surface area contributed by atoms with Crippen molar-refractivity contribution in [3.05, 3.63) is 0 Å². The van der Waals surface area contributed by atoms with Crippen LogP contribution in [0.5, 0.6) is 0 Å². The van der Waals surface area contributed by atoms with E-state index in [2.05, 4.69) is 0 Å². The smallest absolute Gasteiger partial charge is 0.460 e. The SMILES string of the molecule is FC(F)(F)C(F)(F)C(F)(F)C(F)(F)C(F)(F)C(F)(F)C(F)(F)C(F)(F)C(F)(F)C(F)(F)F.O=S([O-])O. The van der Waals surface area contributed by atoms with Crippen LogP contribution >= 0.6 is 0 Å². The molecule has 0 aromatic heterocycles. The third kappa shape index (κ3) is 5.11. The van der Waals surface area contributed by atoms with E-state index in [1.54, 1.807) is 0 Å². The van der Waals surface area contributed by atoms with Gasteiger partial charge in [0.25, 0.3) is 0 Å². The number of rotatable bonds is 7. The van der Waals surface area contributed by atoms with Crippen LogP contribution in [0.25, 0.3) is 0 Å². The summed E-state index contributed by atoms with van der Waals surface area (Å²) >= 11 is -2.86. The van der Waals surface area contributed by atoms with Gasteiger partial charge in [-0.25, -0.2) is 4.21 Å². The predicted octanol–water partition coefficient (Wildman–Crippen LogP) is 6.53. The van der Waals surface area contributed by atoms with Crippen LogP contribution in [0.15, 0.2) is 0 Å². The van der Waals surface area contributed by atoms with Gasteiger partial charge in [-0.1, -0.05) is 0 Å². The predicted molar refractivity (Wildman–Crippen MR) is 63.2 cm³/mol. The van der Waals surface area contributed by atoms with Crippen LogP contribution in [0, 0.1) is 0 Å². The Bertz CT molecular complexity index is 729. The van der Waals surface area contributed by atoms with Crippen LogP contribution in [0.4, 0.5) is 96.6 Å². The largest absolute Gasteiger partial charge is 0.750 e. The minimum Gasteiger partial charge on any atom is -0.750 e. The van der Waals surface area contributed by atoms with Crippen molar-refractivity contribution in [1.29, 1.82) is 0 Å². The van der Waals surface area contributed by atoms with E-state index in [0.29, 0.717) is 0 Å². The Kier molecular flexibility index (Phi) is 9.55. The van der Waals surface area contributed by atoms with E-state index in [4.69, 9.17) is 13.3 Å². The zero-order valence-electron chi connectivity index (χ0n) is 15.0. The summed E-state index contributed by atoms with van der Waals surface area (Å²) in [7, 11) is 0. The van der Waals surface area contributed by atoms with Gasteiger partial charge in [-0.15, -0.1) is 0 Å². The monoisotopic (exact) mass is 619 g/mol. The van der Waals surface area contributed by atoms with E-state index in [9.17, 15) is 96.6 Å². The molecular weight excluding hydrogens is 618 g/mol. The van der Waals surface area contributed by atoms with E-state index in [1.165, 1.54) is 0 Å². The van der Waals surface area contributed by atoms with Crippen molar-refractivity contribution >= 4 is 11.4 Å². The normalized spacial score (nSPS) is 16.9. The maximum Gasteiger partial charge on any atom is 0.460 e. The van der Waals surface area contributed by atoms with Crippen molar-refractivity contribution in [3.63, 3.8) is 0 Å². The number of alkyl halides is 22. The average molecular weight is 619 g/mol. The van der Waals surface area contributed by atoms with Crippen molar-refractivity contribution in [1.82, 2.24) is 0 Å². The second kappa shape index (κ2) is 9.37. The molecule has 0 saturated heterocycles. The van der Waals surface area contributed by atoms with Crippen molar-refractivity contribution < 1.29 is 110 Å². The standard InChI is InChI=1S/C10F22.H2O3S/c11-1(12,3(15,16)5(19,20)7(23,24)9(27,28)29)2(13,14)4(17,18)6(21,22)8(25,26)10(30,31)32;1-4(2)3/h;(H2,1,2,3)/p-1. The minimum atomic E-state index is -9.24. The highest BCUT2D eigenvalue weighted by Crippen LogP contribution is 2.66. The van der Waals surface area contributed by atoms with Gasteiger partial charge < -0.3 is 9.11 Å². The maximum absolute atomic E-state index is 13.1. The second-order valence-electron chi connectivity index (χ2n) is 5.81.